The van der Waals surface area contributed by atoms with Gasteiger partial charge in [0, 0.05) is 23.0 Å². The Kier molecular flexibility index (Phi) is 7.32. The minimum absolute atomic E-state index is 0.156. The second-order valence-corrected chi connectivity index (χ2v) is 9.75. The van der Waals surface area contributed by atoms with Crippen molar-refractivity contribution < 1.29 is 19.5 Å². The lowest BCUT2D eigenvalue weighted by molar-refractivity contribution is -0.138. The number of carbonyl (C=O) groups is 2. The fraction of sp³-hybridized carbons (Fsp3) is 0.321. The molecular weight excluding hydrogens is 478 g/mol. The quantitative estimate of drug-likeness (QED) is 0.479. The average Bonchev–Trinajstić information content (AvgIpc) is 2.90. The van der Waals surface area contributed by atoms with Gasteiger partial charge in [-0.25, -0.2) is 5.48 Å². The molecule has 1 aromatic heterocycles. The van der Waals surface area contributed by atoms with Crippen molar-refractivity contribution in [2.24, 2.45) is 0 Å². The number of amides is 2. The molecule has 186 valence electrons. The molecule has 0 radical (unpaired) electrons. The molecular formula is C28H28ClN3O4. The second kappa shape index (κ2) is 10.8. The highest BCUT2D eigenvalue weighted by atomic mass is 35.5. The van der Waals surface area contributed by atoms with Crippen LogP contribution in [0, 0.1) is 0 Å². The zero-order valence-electron chi connectivity index (χ0n) is 19.7. The summed E-state index contributed by atoms with van der Waals surface area (Å²) in [7, 11) is 0. The average molecular weight is 506 g/mol. The molecule has 1 fully saturated rings. The van der Waals surface area contributed by atoms with E-state index in [0.29, 0.717) is 29.0 Å². The fourth-order valence-corrected chi connectivity index (χ4v) is 5.49. The first-order valence-corrected chi connectivity index (χ1v) is 12.6. The standard InChI is InChI=1S/C28H28ClN3O4/c29-20-13-11-19(12-14-20)26-25(27(34)31-36-17-18-6-5-15-30-16-18)21-7-1-2-8-22(21)28(35)32(26)23-9-3-4-10-24(23)33/h1-2,5-8,11-16,23-26,33H,3-4,9-10,17H2,(H,31,34)/t23-,24-,25+,26-/m0/s1. The molecule has 2 heterocycles. The summed E-state index contributed by atoms with van der Waals surface area (Å²) in [6.45, 7) is 0.156. The number of hydroxylamine groups is 1. The molecule has 1 saturated carbocycles. The Morgan fingerprint density at radius 2 is 1.86 bits per heavy atom. The van der Waals surface area contributed by atoms with Gasteiger partial charge in [-0.15, -0.1) is 0 Å². The summed E-state index contributed by atoms with van der Waals surface area (Å²) >= 11 is 6.17. The third kappa shape index (κ3) is 4.87. The maximum absolute atomic E-state index is 13.9. The number of pyridine rings is 1. The van der Waals surface area contributed by atoms with E-state index in [2.05, 4.69) is 10.5 Å². The van der Waals surface area contributed by atoms with Crippen LogP contribution in [0.5, 0.6) is 0 Å². The van der Waals surface area contributed by atoms with E-state index in [1.165, 1.54) is 0 Å². The monoisotopic (exact) mass is 505 g/mol. The van der Waals surface area contributed by atoms with E-state index in [4.69, 9.17) is 16.4 Å². The molecule has 1 aliphatic carbocycles. The summed E-state index contributed by atoms with van der Waals surface area (Å²) in [4.78, 5) is 39.0. The number of aliphatic hydroxyl groups is 1. The van der Waals surface area contributed by atoms with E-state index in [1.807, 2.05) is 30.3 Å². The summed E-state index contributed by atoms with van der Waals surface area (Å²) < 4.78 is 0. The first-order chi connectivity index (χ1) is 17.5. The molecule has 0 unspecified atom stereocenters. The molecule has 2 N–H and O–H groups in total. The summed E-state index contributed by atoms with van der Waals surface area (Å²) in [5, 5.41) is 11.5. The molecule has 2 aliphatic rings. The van der Waals surface area contributed by atoms with Gasteiger partial charge in [0.05, 0.1) is 24.1 Å². The first-order valence-electron chi connectivity index (χ1n) is 12.2. The van der Waals surface area contributed by atoms with E-state index < -0.39 is 24.1 Å². The third-order valence-electron chi connectivity index (χ3n) is 7.06. The van der Waals surface area contributed by atoms with Crippen LogP contribution in [0.4, 0.5) is 0 Å². The second-order valence-electron chi connectivity index (χ2n) is 9.31. The maximum Gasteiger partial charge on any atom is 0.255 e. The minimum Gasteiger partial charge on any atom is -0.391 e. The van der Waals surface area contributed by atoms with E-state index >= 15 is 0 Å². The number of halogens is 1. The maximum atomic E-state index is 13.9. The zero-order valence-corrected chi connectivity index (χ0v) is 20.5. The predicted molar refractivity (Wildman–Crippen MR) is 135 cm³/mol. The van der Waals surface area contributed by atoms with Gasteiger partial charge >= 0.3 is 0 Å². The smallest absolute Gasteiger partial charge is 0.255 e. The van der Waals surface area contributed by atoms with E-state index in [0.717, 1.165) is 24.0 Å². The number of fused-ring (bicyclic) bond motifs is 1. The topological polar surface area (TPSA) is 91.8 Å². The Hall–Kier alpha value is -3.26. The summed E-state index contributed by atoms with van der Waals surface area (Å²) in [5.41, 5.74) is 5.29. The molecule has 2 aromatic carbocycles. The number of aliphatic hydroxyl groups excluding tert-OH is 1. The molecule has 0 saturated heterocycles. The SMILES string of the molecule is O=C(NOCc1cccnc1)[C@@H]1c2ccccc2C(=O)N([C@H]2CCCC[C@@H]2O)[C@H]1c1ccc(Cl)cc1. The van der Waals surface area contributed by atoms with Gasteiger partial charge in [0.2, 0.25) is 0 Å². The molecule has 0 spiro atoms. The molecule has 4 atom stereocenters. The van der Waals surface area contributed by atoms with Gasteiger partial charge in [0.15, 0.2) is 0 Å². The van der Waals surface area contributed by atoms with Crippen LogP contribution in [0.25, 0.3) is 0 Å². The summed E-state index contributed by atoms with van der Waals surface area (Å²) in [5.74, 6) is -1.30. The lowest BCUT2D eigenvalue weighted by Gasteiger charge is -2.48. The zero-order chi connectivity index (χ0) is 25.1. The number of hydrogen-bond donors (Lipinski definition) is 2. The predicted octanol–water partition coefficient (Wildman–Crippen LogP) is 4.57. The van der Waals surface area contributed by atoms with Gasteiger partial charge in [0.25, 0.3) is 11.8 Å². The van der Waals surface area contributed by atoms with Crippen molar-refractivity contribution >= 4 is 23.4 Å². The number of rotatable bonds is 6. The van der Waals surface area contributed by atoms with Crippen molar-refractivity contribution in [1.29, 1.82) is 0 Å². The van der Waals surface area contributed by atoms with E-state index in [-0.39, 0.29) is 18.4 Å². The minimum atomic E-state index is -0.747. The van der Waals surface area contributed by atoms with Crippen LogP contribution in [0.2, 0.25) is 5.02 Å². The van der Waals surface area contributed by atoms with E-state index in [1.54, 1.807) is 47.6 Å². The third-order valence-corrected chi connectivity index (χ3v) is 7.31. The van der Waals surface area contributed by atoms with Crippen molar-refractivity contribution in [2.75, 3.05) is 0 Å². The number of nitrogens with zero attached hydrogens (tertiary/aromatic N) is 2. The van der Waals surface area contributed by atoms with Crippen LogP contribution < -0.4 is 5.48 Å². The molecule has 36 heavy (non-hydrogen) atoms. The Morgan fingerprint density at radius 1 is 1.08 bits per heavy atom. The van der Waals surface area contributed by atoms with Gasteiger partial charge in [-0.2, -0.15) is 0 Å². The highest BCUT2D eigenvalue weighted by molar-refractivity contribution is 6.30. The van der Waals surface area contributed by atoms with Crippen molar-refractivity contribution in [2.45, 2.75) is 56.4 Å². The van der Waals surface area contributed by atoms with Gasteiger partial charge in [-0.1, -0.05) is 60.8 Å². The van der Waals surface area contributed by atoms with E-state index in [9.17, 15) is 14.7 Å². The molecule has 5 rings (SSSR count). The highest BCUT2D eigenvalue weighted by Crippen LogP contribution is 2.46. The van der Waals surface area contributed by atoms with Crippen molar-refractivity contribution in [3.8, 4) is 0 Å². The Balaban J connectivity index is 1.54. The molecule has 3 aromatic rings. The highest BCUT2D eigenvalue weighted by Gasteiger charge is 2.48. The van der Waals surface area contributed by atoms with Crippen molar-refractivity contribution in [3.05, 3.63) is 100 Å². The van der Waals surface area contributed by atoms with Crippen LogP contribution in [-0.4, -0.2) is 39.0 Å². The van der Waals surface area contributed by atoms with Crippen LogP contribution >= 0.6 is 11.6 Å². The lowest BCUT2D eigenvalue weighted by atomic mass is 9.77. The lowest BCUT2D eigenvalue weighted by Crippen LogP contribution is -2.55. The number of hydrogen-bond acceptors (Lipinski definition) is 5. The van der Waals surface area contributed by atoms with Gasteiger partial charge in [-0.3, -0.25) is 19.4 Å². The molecule has 7 nitrogen and oxygen atoms in total. The number of aromatic nitrogens is 1. The number of nitrogens with one attached hydrogen (secondary N) is 1. The number of benzene rings is 2. The molecule has 0 bridgehead atoms. The Labute approximate surface area is 215 Å². The summed E-state index contributed by atoms with van der Waals surface area (Å²) in [6.07, 6.45) is 5.79. The molecule has 1 aliphatic heterocycles. The van der Waals surface area contributed by atoms with Gasteiger partial charge < -0.3 is 10.0 Å². The largest absolute Gasteiger partial charge is 0.391 e. The van der Waals surface area contributed by atoms with Crippen molar-refractivity contribution in [3.63, 3.8) is 0 Å². The Morgan fingerprint density at radius 3 is 2.61 bits per heavy atom. The van der Waals surface area contributed by atoms with Gasteiger partial charge in [-0.05, 0) is 53.8 Å². The van der Waals surface area contributed by atoms with Crippen LogP contribution in [0.1, 0.15) is 64.7 Å². The fourth-order valence-electron chi connectivity index (χ4n) is 5.37. The van der Waals surface area contributed by atoms with Crippen molar-refractivity contribution in [1.82, 2.24) is 15.4 Å². The molecule has 2 amide bonds. The summed E-state index contributed by atoms with van der Waals surface area (Å²) in [6, 6.07) is 17.0. The Bertz CT molecular complexity index is 1220. The number of carbonyl (C=O) groups excluding carboxylic acids is 2. The van der Waals surface area contributed by atoms with Crippen LogP contribution in [-0.2, 0) is 16.2 Å². The van der Waals surface area contributed by atoms with Gasteiger partial charge in [0.1, 0.15) is 6.61 Å². The molecule has 8 heteroatoms. The normalized spacial score (nSPS) is 23.7. The first kappa shape index (κ1) is 24.4. The van der Waals surface area contributed by atoms with Crippen LogP contribution in [0.3, 0.4) is 0 Å². The van der Waals surface area contributed by atoms with Crippen LogP contribution in [0.15, 0.2) is 73.1 Å².